The Hall–Kier alpha value is -1.23. The molecule has 0 bridgehead atoms. The summed E-state index contributed by atoms with van der Waals surface area (Å²) < 4.78 is 44.1. The maximum Gasteiger partial charge on any atom is 0.403 e. The maximum absolute atomic E-state index is 12.9. The van der Waals surface area contributed by atoms with Gasteiger partial charge in [-0.3, -0.25) is 9.89 Å². The third-order valence-electron chi connectivity index (χ3n) is 4.81. The van der Waals surface area contributed by atoms with Gasteiger partial charge in [0.2, 0.25) is 0 Å². The van der Waals surface area contributed by atoms with Crippen molar-refractivity contribution in [2.45, 2.75) is 32.5 Å². The van der Waals surface area contributed by atoms with Crippen LogP contribution in [-0.4, -0.2) is 74.4 Å². The Balaban J connectivity index is 0.00000392. The van der Waals surface area contributed by atoms with E-state index in [1.807, 2.05) is 36.1 Å². The van der Waals surface area contributed by atoms with Crippen LogP contribution in [0.2, 0.25) is 0 Å². The molecule has 1 saturated heterocycles. The number of hydrogen-bond acceptors (Lipinski definition) is 3. The van der Waals surface area contributed by atoms with E-state index in [4.69, 9.17) is 4.74 Å². The summed E-state index contributed by atoms with van der Waals surface area (Å²) in [6.45, 7) is 6.31. The number of para-hydroxylation sites is 1. The Morgan fingerprint density at radius 1 is 1.21 bits per heavy atom. The molecule has 0 radical (unpaired) electrons. The standard InChI is InChI=1S/C19H29F3N4O.HI/c1-4-23-18(24-10-9-16-7-5-6-8-17(16)27-3)26-13-11-25(12-14-26)15(2)19(20,21)22;/h5-8,15H,4,9-14H2,1-3H3,(H,23,24);1H. The van der Waals surface area contributed by atoms with Crippen molar-refractivity contribution >= 4 is 29.9 Å². The lowest BCUT2D eigenvalue weighted by Crippen LogP contribution is -2.56. The minimum atomic E-state index is -4.19. The van der Waals surface area contributed by atoms with E-state index >= 15 is 0 Å². The summed E-state index contributed by atoms with van der Waals surface area (Å²) in [5, 5.41) is 3.25. The van der Waals surface area contributed by atoms with E-state index in [1.54, 1.807) is 7.11 Å². The molecule has 28 heavy (non-hydrogen) atoms. The molecule has 0 saturated carbocycles. The van der Waals surface area contributed by atoms with E-state index in [-0.39, 0.29) is 24.0 Å². The zero-order valence-corrected chi connectivity index (χ0v) is 19.0. The van der Waals surface area contributed by atoms with Crippen LogP contribution in [0.1, 0.15) is 19.4 Å². The van der Waals surface area contributed by atoms with Crippen molar-refractivity contribution in [1.82, 2.24) is 15.1 Å². The van der Waals surface area contributed by atoms with Crippen LogP contribution in [0, 0.1) is 0 Å². The normalized spacial score (nSPS) is 17.1. The van der Waals surface area contributed by atoms with Crippen molar-refractivity contribution in [2.24, 2.45) is 4.99 Å². The van der Waals surface area contributed by atoms with Crippen molar-refractivity contribution < 1.29 is 17.9 Å². The van der Waals surface area contributed by atoms with Gasteiger partial charge < -0.3 is 15.0 Å². The maximum atomic E-state index is 12.9. The molecule has 0 aliphatic carbocycles. The molecular formula is C19H30F3IN4O. The minimum absolute atomic E-state index is 0. The number of benzene rings is 1. The average molecular weight is 514 g/mol. The van der Waals surface area contributed by atoms with Gasteiger partial charge in [0.05, 0.1) is 7.11 Å². The van der Waals surface area contributed by atoms with E-state index in [2.05, 4.69) is 10.3 Å². The lowest BCUT2D eigenvalue weighted by Gasteiger charge is -2.39. The van der Waals surface area contributed by atoms with Gasteiger partial charge in [-0.25, -0.2) is 0 Å². The molecule has 0 aromatic heterocycles. The zero-order chi connectivity index (χ0) is 19.9. The molecule has 1 aromatic rings. The number of nitrogens with one attached hydrogen (secondary N) is 1. The molecule has 1 atom stereocenters. The Kier molecular flexibility index (Phi) is 10.4. The highest BCUT2D eigenvalue weighted by Gasteiger charge is 2.41. The van der Waals surface area contributed by atoms with Gasteiger partial charge in [-0.1, -0.05) is 18.2 Å². The summed E-state index contributed by atoms with van der Waals surface area (Å²) in [6.07, 6.45) is -3.44. The molecule has 1 N–H and O–H groups in total. The van der Waals surface area contributed by atoms with E-state index in [1.165, 1.54) is 11.8 Å². The molecule has 0 amide bonds. The van der Waals surface area contributed by atoms with E-state index in [9.17, 15) is 13.2 Å². The molecule has 1 heterocycles. The van der Waals surface area contributed by atoms with Gasteiger partial charge in [-0.15, -0.1) is 24.0 Å². The van der Waals surface area contributed by atoms with Crippen LogP contribution in [-0.2, 0) is 6.42 Å². The van der Waals surface area contributed by atoms with Gasteiger partial charge in [0.15, 0.2) is 5.96 Å². The number of alkyl halides is 3. The highest BCUT2D eigenvalue weighted by atomic mass is 127. The number of guanidine groups is 1. The van der Waals surface area contributed by atoms with Gasteiger partial charge in [0.1, 0.15) is 11.8 Å². The van der Waals surface area contributed by atoms with Gasteiger partial charge in [0, 0.05) is 39.3 Å². The monoisotopic (exact) mass is 514 g/mol. The van der Waals surface area contributed by atoms with Crippen LogP contribution in [0.4, 0.5) is 13.2 Å². The van der Waals surface area contributed by atoms with Crippen LogP contribution >= 0.6 is 24.0 Å². The number of piperazine rings is 1. The summed E-state index contributed by atoms with van der Waals surface area (Å²) in [5.41, 5.74) is 1.09. The number of hydrogen-bond donors (Lipinski definition) is 1. The van der Waals surface area contributed by atoms with E-state index in [0.717, 1.165) is 23.7 Å². The molecule has 1 aliphatic heterocycles. The van der Waals surface area contributed by atoms with Crippen LogP contribution < -0.4 is 10.1 Å². The molecule has 1 fully saturated rings. The number of halogens is 4. The third-order valence-corrected chi connectivity index (χ3v) is 4.81. The first-order valence-electron chi connectivity index (χ1n) is 9.32. The van der Waals surface area contributed by atoms with Crippen molar-refractivity contribution in [3.63, 3.8) is 0 Å². The predicted molar refractivity (Wildman–Crippen MR) is 117 cm³/mol. The number of aliphatic imine (C=N–C) groups is 1. The first-order valence-corrected chi connectivity index (χ1v) is 9.32. The lowest BCUT2D eigenvalue weighted by atomic mass is 10.1. The largest absolute Gasteiger partial charge is 0.496 e. The fraction of sp³-hybridized carbons (Fsp3) is 0.632. The zero-order valence-electron chi connectivity index (χ0n) is 16.6. The number of nitrogens with zero attached hydrogens (tertiary/aromatic N) is 3. The summed E-state index contributed by atoms with van der Waals surface area (Å²) in [5.74, 6) is 1.60. The minimum Gasteiger partial charge on any atom is -0.496 e. The first kappa shape index (κ1) is 24.8. The fourth-order valence-electron chi connectivity index (χ4n) is 3.15. The topological polar surface area (TPSA) is 40.1 Å². The van der Waals surface area contributed by atoms with E-state index in [0.29, 0.717) is 39.3 Å². The highest BCUT2D eigenvalue weighted by molar-refractivity contribution is 14.0. The van der Waals surface area contributed by atoms with Gasteiger partial charge in [-0.2, -0.15) is 13.2 Å². The number of rotatable bonds is 6. The van der Waals surface area contributed by atoms with Crippen LogP contribution in [0.3, 0.4) is 0 Å². The Labute approximate surface area is 182 Å². The molecule has 2 rings (SSSR count). The van der Waals surface area contributed by atoms with Crippen LogP contribution in [0.5, 0.6) is 5.75 Å². The fourth-order valence-corrected chi connectivity index (χ4v) is 3.15. The van der Waals surface area contributed by atoms with Crippen molar-refractivity contribution in [1.29, 1.82) is 0 Å². The number of methoxy groups -OCH3 is 1. The summed E-state index contributed by atoms with van der Waals surface area (Å²) in [4.78, 5) is 8.18. The van der Waals surface area contributed by atoms with Crippen LogP contribution in [0.15, 0.2) is 29.3 Å². The second kappa shape index (κ2) is 11.7. The Morgan fingerprint density at radius 3 is 2.43 bits per heavy atom. The van der Waals surface area contributed by atoms with Crippen molar-refractivity contribution in [2.75, 3.05) is 46.4 Å². The van der Waals surface area contributed by atoms with E-state index < -0.39 is 12.2 Å². The van der Waals surface area contributed by atoms with Gasteiger partial charge in [-0.05, 0) is 31.9 Å². The molecule has 5 nitrogen and oxygen atoms in total. The average Bonchev–Trinajstić information content (AvgIpc) is 2.66. The molecule has 160 valence electrons. The molecule has 1 aliphatic rings. The first-order chi connectivity index (χ1) is 12.9. The molecular weight excluding hydrogens is 484 g/mol. The molecule has 0 spiro atoms. The third kappa shape index (κ3) is 6.98. The summed E-state index contributed by atoms with van der Waals surface area (Å²) in [7, 11) is 1.65. The van der Waals surface area contributed by atoms with Crippen LogP contribution in [0.25, 0.3) is 0 Å². The summed E-state index contributed by atoms with van der Waals surface area (Å²) in [6, 6.07) is 6.42. The van der Waals surface area contributed by atoms with Crippen molar-refractivity contribution in [3.05, 3.63) is 29.8 Å². The Bertz CT molecular complexity index is 619. The molecule has 1 aromatic carbocycles. The SMILES string of the molecule is CCNC(=NCCc1ccccc1OC)N1CCN(C(C)C(F)(F)F)CC1.I. The lowest BCUT2D eigenvalue weighted by molar-refractivity contribution is -0.181. The second-order valence-corrected chi connectivity index (χ2v) is 6.54. The quantitative estimate of drug-likeness (QED) is 0.359. The van der Waals surface area contributed by atoms with Gasteiger partial charge in [0.25, 0.3) is 0 Å². The molecule has 9 heteroatoms. The summed E-state index contributed by atoms with van der Waals surface area (Å²) >= 11 is 0. The Morgan fingerprint density at radius 2 is 1.86 bits per heavy atom. The second-order valence-electron chi connectivity index (χ2n) is 6.54. The highest BCUT2D eigenvalue weighted by Crippen LogP contribution is 2.25. The smallest absolute Gasteiger partial charge is 0.403 e. The van der Waals surface area contributed by atoms with Gasteiger partial charge >= 0.3 is 6.18 Å². The number of ether oxygens (including phenoxy) is 1. The predicted octanol–water partition coefficient (Wildman–Crippen LogP) is 3.39. The molecule has 1 unspecified atom stereocenters. The van der Waals surface area contributed by atoms with Crippen molar-refractivity contribution in [3.8, 4) is 5.75 Å².